The number of hydrogen-bond acceptors (Lipinski definition) is 56. The van der Waals surface area contributed by atoms with Crippen LogP contribution >= 0.6 is 0 Å². The van der Waals surface area contributed by atoms with Crippen LogP contribution in [0.15, 0.2) is 0 Å². The third-order valence-electron chi connectivity index (χ3n) is 26.4. The number of nitrogens with two attached hydrogens (primary N) is 2. The van der Waals surface area contributed by atoms with Gasteiger partial charge >= 0.3 is 11.9 Å². The van der Waals surface area contributed by atoms with Crippen molar-refractivity contribution in [3.05, 3.63) is 0 Å². The molecule has 0 radical (unpaired) electrons. The summed E-state index contributed by atoms with van der Waals surface area (Å²) in [6.45, 7) is -5.85. The van der Waals surface area contributed by atoms with Crippen LogP contribution in [0.5, 0.6) is 0 Å². The van der Waals surface area contributed by atoms with Crippen LogP contribution in [-0.2, 0) is 104 Å². The molecule has 58 heteroatoms. The highest BCUT2D eigenvalue weighted by Gasteiger charge is 2.65. The van der Waals surface area contributed by atoms with Gasteiger partial charge in [0.25, 0.3) is 11.6 Å². The Morgan fingerprint density at radius 2 is 0.825 bits per heavy atom. The van der Waals surface area contributed by atoms with E-state index in [0.29, 0.717) is 6.42 Å². The largest absolute Gasteiger partial charge is 0.477 e. The fourth-order valence-corrected chi connectivity index (χ4v) is 17.6. The van der Waals surface area contributed by atoms with Crippen molar-refractivity contribution in [2.75, 3.05) is 85.9 Å². The number of carbonyl (C=O) groups is 2. The van der Waals surface area contributed by atoms with Gasteiger partial charge in [0.05, 0.1) is 134 Å². The van der Waals surface area contributed by atoms with Gasteiger partial charge in [-0.3, -0.25) is 0 Å². The zero-order chi connectivity index (χ0) is 102. The molecule has 9 aliphatic rings. The number of aliphatic hydroxyl groups excluding tert-OH is 32. The first-order chi connectivity index (χ1) is 64.6. The molecule has 0 saturated carbocycles. The summed E-state index contributed by atoms with van der Waals surface area (Å²) in [6, 6.07) is -3.35. The predicted molar refractivity (Wildman–Crippen MR) is 431 cm³/mol. The molecule has 0 aromatic heterocycles. The molecule has 9 fully saturated rings. The molecule has 54 atom stereocenters. The molecule has 0 bridgehead atoms. The van der Waals surface area contributed by atoms with Gasteiger partial charge in [-0.1, -0.05) is 34.6 Å². The molecule has 0 spiro atoms. The van der Waals surface area contributed by atoms with Gasteiger partial charge in [0, 0.05) is 49.7 Å². The van der Waals surface area contributed by atoms with E-state index >= 15 is 0 Å². The van der Waals surface area contributed by atoms with E-state index in [9.17, 15) is 183 Å². The number of hydrogen-bond donors (Lipinski definition) is 36. The molecule has 9 heterocycles. The Morgan fingerprint density at radius 1 is 0.401 bits per heavy atom. The Bertz CT molecular complexity index is 3570. The van der Waals surface area contributed by atoms with E-state index in [-0.39, 0.29) is 6.61 Å². The van der Waals surface area contributed by atoms with E-state index in [4.69, 9.17) is 106 Å². The van der Waals surface area contributed by atoms with Crippen LogP contribution in [0.4, 0.5) is 0 Å². The summed E-state index contributed by atoms with van der Waals surface area (Å²) >= 11 is 0. The first-order valence-electron chi connectivity index (χ1n) is 44.8. The number of aliphatic hydroxyl groups is 32. The molecule has 51 unspecified atom stereocenters. The van der Waals surface area contributed by atoms with Gasteiger partial charge in [0.2, 0.25) is 0 Å². The van der Waals surface area contributed by atoms with Gasteiger partial charge < -0.3 is 280 Å². The summed E-state index contributed by atoms with van der Waals surface area (Å²) in [4.78, 5) is 25.7. The lowest BCUT2D eigenvalue weighted by atomic mass is 9.80. The van der Waals surface area contributed by atoms with Gasteiger partial charge in [-0.15, -0.1) is 0 Å². The summed E-state index contributed by atoms with van der Waals surface area (Å²) in [7, 11) is 0. The van der Waals surface area contributed by atoms with Crippen LogP contribution in [0.1, 0.15) is 66.7 Å². The van der Waals surface area contributed by atoms with Crippen molar-refractivity contribution in [1.29, 1.82) is 0 Å². The second-order valence-corrected chi connectivity index (χ2v) is 35.8. The van der Waals surface area contributed by atoms with E-state index in [2.05, 4.69) is 0 Å². The number of carboxylic acid groups (broad SMARTS) is 2. The van der Waals surface area contributed by atoms with Crippen molar-refractivity contribution in [2.45, 2.75) is 372 Å². The highest BCUT2D eigenvalue weighted by molar-refractivity contribution is 5.76. The molecule has 802 valence electrons. The molecule has 0 aliphatic carbocycles. The van der Waals surface area contributed by atoms with Gasteiger partial charge in [-0.25, -0.2) is 9.59 Å². The van der Waals surface area contributed by atoms with Gasteiger partial charge in [0.15, 0.2) is 56.6 Å². The number of ether oxygens (including phenoxy) is 20. The summed E-state index contributed by atoms with van der Waals surface area (Å²) < 4.78 is 117. The quantitative estimate of drug-likeness (QED) is 0.0252. The van der Waals surface area contributed by atoms with Crippen molar-refractivity contribution in [3.8, 4) is 0 Å². The van der Waals surface area contributed by atoms with Crippen LogP contribution in [0.2, 0.25) is 0 Å². The van der Waals surface area contributed by atoms with Crippen molar-refractivity contribution in [1.82, 2.24) is 0 Å². The van der Waals surface area contributed by atoms with E-state index < -0.39 is 446 Å². The lowest BCUT2D eigenvalue weighted by molar-refractivity contribution is -0.381. The van der Waals surface area contributed by atoms with Crippen molar-refractivity contribution in [3.63, 3.8) is 0 Å². The minimum absolute atomic E-state index is 0.205. The van der Waals surface area contributed by atoms with Crippen LogP contribution in [-0.4, -0.2) is 577 Å². The minimum atomic E-state index is -3.09. The van der Waals surface area contributed by atoms with Gasteiger partial charge in [0.1, 0.15) is 177 Å². The molecular weight excluding hydrogens is 1870 g/mol. The zero-order valence-corrected chi connectivity index (χ0v) is 75.0. The molecule has 0 aromatic carbocycles. The lowest BCUT2D eigenvalue weighted by Gasteiger charge is -2.52. The third kappa shape index (κ3) is 26.0. The molecule has 9 rings (SSSR count). The van der Waals surface area contributed by atoms with Crippen molar-refractivity contribution in [2.24, 2.45) is 35.1 Å². The van der Waals surface area contributed by atoms with Crippen LogP contribution in [0, 0.1) is 23.7 Å². The molecule has 0 aromatic rings. The monoisotopic (exact) mass is 2010 g/mol. The first-order valence-corrected chi connectivity index (χ1v) is 44.8. The Hall–Kier alpha value is -3.22. The SMILES string of the molecule is CCCOC1OC(CO)C(OC2OC(CO)C(OC(O)C(O)C(OC(O)C(OC3OC(CO)C(OC4OC(COC5(C(=O)O)CC(O)C(N)C(CO)([C@H](O)CO)O5)C(O)C(O)C4O)C(O)C3C)C(O)C(O)CCO)C(O)CCOC3OC(CO)C(O)C(O)C3OC3OC(CO)C(OC4OC(COC5(C(=O)O)CC(O)C(N)C([C@H](O)[C@H](O)CO)O5)C(O)C(O)C4O)C(O)C3C)C(O)C2C)C(O)C1C. The summed E-state index contributed by atoms with van der Waals surface area (Å²) in [5, 5.41) is 377. The maximum absolute atomic E-state index is 12.9. The topological polar surface area (TPSA) is 959 Å². The Morgan fingerprint density at radius 3 is 1.30 bits per heavy atom. The minimum Gasteiger partial charge on any atom is -0.477 e. The Kier molecular flexibility index (Phi) is 44.0. The number of aliphatic carboxylic acids is 2. The maximum atomic E-state index is 12.9. The normalized spacial score (nSPS) is 45.5. The second-order valence-electron chi connectivity index (χ2n) is 35.8. The summed E-state index contributed by atoms with van der Waals surface area (Å²) in [6.07, 6.45) is -96.4. The Labute approximate surface area is 780 Å². The van der Waals surface area contributed by atoms with Crippen molar-refractivity contribution >= 4 is 11.9 Å². The Balaban J connectivity index is 0.949. The molecule has 9 aliphatic heterocycles. The van der Waals surface area contributed by atoms with E-state index in [1.54, 1.807) is 6.92 Å². The third-order valence-corrected chi connectivity index (χ3v) is 26.4. The van der Waals surface area contributed by atoms with E-state index in [1.807, 2.05) is 6.92 Å². The summed E-state index contributed by atoms with van der Waals surface area (Å²) in [5.41, 5.74) is 9.34. The predicted octanol–water partition coefficient (Wildman–Crippen LogP) is -20.1. The van der Waals surface area contributed by atoms with E-state index in [0.717, 1.165) is 6.92 Å². The lowest BCUT2D eigenvalue weighted by Crippen LogP contribution is -2.74. The standard InChI is InChI=1S/C79H140N2O56/c1-6-10-118-68-24(2)42(97)59(35(17-86)123-68)131-69-25(3)43(98)58(34(16-85)124-69)130-66(112)56(111)57(129-67(113)63(46(101)28(91)7-9-82)134-70-26(4)44(99)60(36(18-87)125-70)132-73-55(110)52(107)50(105)39(128-73)22-121-79(76(116)117)13-31(94)65(81)77(23-90,137-79)40(96)20-89)29(92)8-11-119-74-64(53(108)48(103)33(15-84)122-74)135-71-27(5)45(100)61(37(19-88)126-71)133-72-54(109)51(106)49(104)38(127-72)21-120-78(75(114)115)12-30(93)41(80)62(136-78)47(102)32(95)14-83/h24-74,82-113H,6-23,80-81H2,1-5H3,(H,114,115)(H,116,117)/t24?,25?,26?,27?,28?,29?,30?,31?,32-,33?,34?,35?,36?,37?,38?,39?,40-,41?,42?,43?,44?,45?,46?,47-,48?,49?,50?,51?,52?,53?,54?,55?,56?,57?,58?,59?,60?,61?,62?,63?,64?,65?,66?,67?,68?,69?,70?,71?,72?,73?,74?,77?,78?,79?/m1/s1. The number of rotatable bonds is 48. The van der Waals surface area contributed by atoms with Gasteiger partial charge in [-0.2, -0.15) is 0 Å². The zero-order valence-electron chi connectivity index (χ0n) is 75.0. The average molecular weight is 2010 g/mol. The molecule has 58 nitrogen and oxygen atoms in total. The smallest absolute Gasteiger partial charge is 0.364 e. The molecule has 9 saturated heterocycles. The summed E-state index contributed by atoms with van der Waals surface area (Å²) in [5.74, 6) is -15.3. The fourth-order valence-electron chi connectivity index (χ4n) is 17.6. The molecular formula is C79H140N2O56. The molecule has 0 amide bonds. The van der Waals surface area contributed by atoms with Crippen molar-refractivity contribution < 1.29 is 278 Å². The molecule has 38 N–H and O–H groups in total. The average Bonchev–Trinajstić information content (AvgIpc) is 0.718. The van der Waals surface area contributed by atoms with Crippen LogP contribution < -0.4 is 11.5 Å². The van der Waals surface area contributed by atoms with Gasteiger partial charge in [-0.05, 0) is 19.3 Å². The van der Waals surface area contributed by atoms with Crippen LogP contribution in [0.25, 0.3) is 0 Å². The highest BCUT2D eigenvalue weighted by Crippen LogP contribution is 2.44. The van der Waals surface area contributed by atoms with E-state index in [1.165, 1.54) is 13.8 Å². The first kappa shape index (κ1) is 117. The van der Waals surface area contributed by atoms with Crippen LogP contribution in [0.3, 0.4) is 0 Å². The molecule has 137 heavy (non-hydrogen) atoms. The second kappa shape index (κ2) is 51.4. The number of carboxylic acids is 2. The fraction of sp³-hybridized carbons (Fsp3) is 0.975. The maximum Gasteiger partial charge on any atom is 0.364 e. The highest BCUT2D eigenvalue weighted by atomic mass is 16.8.